The predicted octanol–water partition coefficient (Wildman–Crippen LogP) is 4.40. The first-order chi connectivity index (χ1) is 18.2. The molecule has 0 saturated carbocycles. The van der Waals surface area contributed by atoms with Gasteiger partial charge in [0.1, 0.15) is 5.56 Å². The number of anilines is 1. The van der Waals surface area contributed by atoms with Crippen LogP contribution in [0.2, 0.25) is 10.0 Å². The standard InChI is InChI=1S/C28H32Cl2N4O4/c1-4-38-28(37)24-25(20-8-5-6-9-23(20)34(27(24)36)13-7-12-31(2)3)32-14-16-33(17-15-32)26(35)19-10-11-21(29)22(30)18-19/h5-6,8-11,18H,4,7,12-17H2,1-3H3. The zero-order valence-corrected chi connectivity index (χ0v) is 23.4. The number of amides is 1. The van der Waals surface area contributed by atoms with Gasteiger partial charge in [-0.15, -0.1) is 0 Å². The van der Waals surface area contributed by atoms with E-state index in [2.05, 4.69) is 4.90 Å². The largest absolute Gasteiger partial charge is 0.462 e. The summed E-state index contributed by atoms with van der Waals surface area (Å²) < 4.78 is 7.03. The van der Waals surface area contributed by atoms with Crippen LogP contribution in [0.3, 0.4) is 0 Å². The molecule has 1 aliphatic heterocycles. The third-order valence-electron chi connectivity index (χ3n) is 6.66. The zero-order chi connectivity index (χ0) is 27.4. The molecular weight excluding hydrogens is 527 g/mol. The van der Waals surface area contributed by atoms with Crippen molar-refractivity contribution in [3.63, 3.8) is 0 Å². The Bertz CT molecular complexity index is 1400. The minimum Gasteiger partial charge on any atom is -0.462 e. The Kier molecular flexibility index (Phi) is 8.97. The lowest BCUT2D eigenvalue weighted by Crippen LogP contribution is -2.49. The van der Waals surface area contributed by atoms with Gasteiger partial charge in [-0.2, -0.15) is 0 Å². The van der Waals surface area contributed by atoms with E-state index in [1.54, 1.807) is 34.6 Å². The number of esters is 1. The second kappa shape index (κ2) is 12.2. The van der Waals surface area contributed by atoms with Crippen LogP contribution in [-0.2, 0) is 11.3 Å². The number of aryl methyl sites for hydroxylation is 1. The Labute approximate surface area is 232 Å². The number of hydrogen-bond acceptors (Lipinski definition) is 6. The van der Waals surface area contributed by atoms with E-state index in [-0.39, 0.29) is 23.6 Å². The lowest BCUT2D eigenvalue weighted by atomic mass is 10.1. The number of carbonyl (C=O) groups is 2. The van der Waals surface area contributed by atoms with Crippen molar-refractivity contribution in [3.8, 4) is 0 Å². The molecule has 0 unspecified atom stereocenters. The monoisotopic (exact) mass is 558 g/mol. The van der Waals surface area contributed by atoms with Crippen molar-refractivity contribution in [2.45, 2.75) is 19.9 Å². The normalized spacial score (nSPS) is 13.8. The minimum absolute atomic E-state index is 0.0414. The van der Waals surface area contributed by atoms with Crippen molar-refractivity contribution in [2.75, 3.05) is 58.3 Å². The van der Waals surface area contributed by atoms with Crippen molar-refractivity contribution >= 4 is 51.7 Å². The van der Waals surface area contributed by atoms with Gasteiger partial charge in [-0.25, -0.2) is 4.79 Å². The summed E-state index contributed by atoms with van der Waals surface area (Å²) in [7, 11) is 3.97. The number of halogens is 2. The summed E-state index contributed by atoms with van der Waals surface area (Å²) in [6, 6.07) is 12.5. The maximum absolute atomic E-state index is 13.8. The number of hydrogen-bond donors (Lipinski definition) is 0. The first kappa shape index (κ1) is 28.0. The Morgan fingerprint density at radius 1 is 1.00 bits per heavy atom. The van der Waals surface area contributed by atoms with Crippen LogP contribution in [0.4, 0.5) is 5.69 Å². The molecule has 3 aromatic rings. The fourth-order valence-electron chi connectivity index (χ4n) is 4.82. The molecule has 202 valence electrons. The molecule has 1 aliphatic rings. The number of carbonyl (C=O) groups excluding carboxylic acids is 2. The van der Waals surface area contributed by atoms with E-state index >= 15 is 0 Å². The summed E-state index contributed by atoms with van der Waals surface area (Å²) in [5.41, 5.74) is 1.49. The number of rotatable bonds is 8. The highest BCUT2D eigenvalue weighted by Gasteiger charge is 2.30. The molecule has 1 amide bonds. The molecule has 2 heterocycles. The number of para-hydroxylation sites is 1. The summed E-state index contributed by atoms with van der Waals surface area (Å²) >= 11 is 12.1. The van der Waals surface area contributed by atoms with Crippen LogP contribution in [0, 0.1) is 0 Å². The van der Waals surface area contributed by atoms with Gasteiger partial charge in [-0.1, -0.05) is 41.4 Å². The molecule has 0 spiro atoms. The lowest BCUT2D eigenvalue weighted by Gasteiger charge is -2.37. The summed E-state index contributed by atoms with van der Waals surface area (Å²) in [4.78, 5) is 45.9. The van der Waals surface area contributed by atoms with Gasteiger partial charge in [-0.05, 0) is 58.3 Å². The minimum atomic E-state index is -0.631. The fraction of sp³-hybridized carbons (Fsp3) is 0.393. The Balaban J connectivity index is 1.69. The van der Waals surface area contributed by atoms with Crippen LogP contribution in [0.15, 0.2) is 47.3 Å². The molecular formula is C28H32Cl2N4O4. The second-order valence-electron chi connectivity index (χ2n) is 9.48. The molecule has 0 bridgehead atoms. The average Bonchev–Trinajstić information content (AvgIpc) is 2.90. The highest BCUT2D eigenvalue weighted by molar-refractivity contribution is 6.42. The molecule has 0 atom stereocenters. The third kappa shape index (κ3) is 5.82. The van der Waals surface area contributed by atoms with Crippen LogP contribution < -0.4 is 10.5 Å². The van der Waals surface area contributed by atoms with Crippen molar-refractivity contribution in [1.29, 1.82) is 0 Å². The van der Waals surface area contributed by atoms with Gasteiger partial charge in [0, 0.05) is 43.7 Å². The molecule has 10 heteroatoms. The van der Waals surface area contributed by atoms with Gasteiger partial charge in [-0.3, -0.25) is 9.59 Å². The highest BCUT2D eigenvalue weighted by atomic mass is 35.5. The van der Waals surface area contributed by atoms with E-state index in [4.69, 9.17) is 27.9 Å². The maximum atomic E-state index is 13.8. The van der Waals surface area contributed by atoms with Crippen molar-refractivity contribution in [2.24, 2.45) is 0 Å². The van der Waals surface area contributed by atoms with Crippen LogP contribution in [-0.4, -0.2) is 79.7 Å². The third-order valence-corrected chi connectivity index (χ3v) is 7.40. The molecule has 0 radical (unpaired) electrons. The van der Waals surface area contributed by atoms with E-state index in [0.29, 0.717) is 54.0 Å². The number of ether oxygens (including phenoxy) is 1. The Hall–Kier alpha value is -3.07. The predicted molar refractivity (Wildman–Crippen MR) is 152 cm³/mol. The fourth-order valence-corrected chi connectivity index (χ4v) is 5.12. The molecule has 8 nitrogen and oxygen atoms in total. The first-order valence-electron chi connectivity index (χ1n) is 12.7. The molecule has 1 fully saturated rings. The van der Waals surface area contributed by atoms with Crippen LogP contribution in [0.1, 0.15) is 34.1 Å². The molecule has 1 aromatic heterocycles. The van der Waals surface area contributed by atoms with Crippen LogP contribution in [0.5, 0.6) is 0 Å². The maximum Gasteiger partial charge on any atom is 0.345 e. The number of aromatic nitrogens is 1. The van der Waals surface area contributed by atoms with Crippen LogP contribution in [0.25, 0.3) is 10.9 Å². The number of nitrogens with zero attached hydrogens (tertiary/aromatic N) is 4. The van der Waals surface area contributed by atoms with Gasteiger partial charge in [0.2, 0.25) is 0 Å². The van der Waals surface area contributed by atoms with Crippen molar-refractivity contribution < 1.29 is 14.3 Å². The Morgan fingerprint density at radius 3 is 2.37 bits per heavy atom. The molecule has 0 aliphatic carbocycles. The van der Waals surface area contributed by atoms with E-state index in [0.717, 1.165) is 23.9 Å². The number of piperazine rings is 1. The van der Waals surface area contributed by atoms with E-state index in [1.165, 1.54) is 0 Å². The summed E-state index contributed by atoms with van der Waals surface area (Å²) in [5.74, 6) is -0.774. The van der Waals surface area contributed by atoms with Gasteiger partial charge < -0.3 is 24.0 Å². The SMILES string of the molecule is CCOC(=O)c1c(N2CCN(C(=O)c3ccc(Cl)c(Cl)c3)CC2)c2ccccc2n(CCCN(C)C)c1=O. The van der Waals surface area contributed by atoms with Crippen LogP contribution >= 0.6 is 23.2 Å². The molecule has 4 rings (SSSR count). The molecule has 38 heavy (non-hydrogen) atoms. The Morgan fingerprint density at radius 2 is 1.71 bits per heavy atom. The van der Waals surface area contributed by atoms with Crippen molar-refractivity contribution in [3.05, 3.63) is 74.0 Å². The smallest absolute Gasteiger partial charge is 0.345 e. The van der Waals surface area contributed by atoms with E-state index in [1.807, 2.05) is 43.3 Å². The summed E-state index contributed by atoms with van der Waals surface area (Å²) in [6.07, 6.45) is 0.758. The van der Waals surface area contributed by atoms with Gasteiger partial charge in [0.25, 0.3) is 11.5 Å². The molecule has 2 aromatic carbocycles. The average molecular weight is 559 g/mol. The quantitative estimate of drug-likeness (QED) is 0.381. The number of benzene rings is 2. The highest BCUT2D eigenvalue weighted by Crippen LogP contribution is 2.31. The van der Waals surface area contributed by atoms with Gasteiger partial charge in [0.05, 0.1) is 27.9 Å². The van der Waals surface area contributed by atoms with E-state index in [9.17, 15) is 14.4 Å². The summed E-state index contributed by atoms with van der Waals surface area (Å²) in [6.45, 7) is 4.92. The topological polar surface area (TPSA) is 75.1 Å². The lowest BCUT2D eigenvalue weighted by molar-refractivity contribution is 0.0523. The molecule has 1 saturated heterocycles. The zero-order valence-electron chi connectivity index (χ0n) is 21.9. The number of fused-ring (bicyclic) bond motifs is 1. The first-order valence-corrected chi connectivity index (χ1v) is 13.4. The van der Waals surface area contributed by atoms with Crippen molar-refractivity contribution in [1.82, 2.24) is 14.4 Å². The summed E-state index contributed by atoms with van der Waals surface area (Å²) in [5, 5.41) is 1.53. The number of pyridine rings is 1. The van der Waals surface area contributed by atoms with E-state index < -0.39 is 5.97 Å². The molecule has 0 N–H and O–H groups in total. The van der Waals surface area contributed by atoms with Gasteiger partial charge >= 0.3 is 5.97 Å². The van der Waals surface area contributed by atoms with Gasteiger partial charge in [0.15, 0.2) is 0 Å². The second-order valence-corrected chi connectivity index (χ2v) is 10.3.